The molecule has 0 aliphatic heterocycles. The molecule has 0 saturated heterocycles. The zero-order chi connectivity index (χ0) is 13.3. The van der Waals surface area contributed by atoms with Crippen LogP contribution in [0.3, 0.4) is 0 Å². The lowest BCUT2D eigenvalue weighted by Crippen LogP contribution is -2.40. The van der Waals surface area contributed by atoms with Crippen LogP contribution in [0.2, 0.25) is 0 Å². The Kier molecular flexibility index (Phi) is 3.52. The van der Waals surface area contributed by atoms with E-state index in [0.717, 1.165) is 11.3 Å². The van der Waals surface area contributed by atoms with Crippen LogP contribution in [0.15, 0.2) is 18.2 Å². The molecule has 2 N–H and O–H groups in total. The monoisotopic (exact) mass is 249 g/mol. The first-order valence-electron chi connectivity index (χ1n) is 6.22. The van der Waals surface area contributed by atoms with Gasteiger partial charge in [0.1, 0.15) is 0 Å². The Labute approximate surface area is 107 Å². The zero-order valence-corrected chi connectivity index (χ0v) is 10.8. The van der Waals surface area contributed by atoms with E-state index in [9.17, 15) is 10.1 Å². The number of nitrogens with two attached hydrogens (primary N) is 1. The number of nitrogens with zero attached hydrogens (tertiary/aromatic N) is 2. The van der Waals surface area contributed by atoms with E-state index in [1.165, 1.54) is 12.8 Å². The Morgan fingerprint density at radius 3 is 2.72 bits per heavy atom. The quantitative estimate of drug-likeness (QED) is 0.640. The number of hydrogen-bond donors (Lipinski definition) is 1. The molecule has 1 unspecified atom stereocenters. The van der Waals surface area contributed by atoms with Gasteiger partial charge in [-0.3, -0.25) is 10.1 Å². The molecule has 2 rings (SSSR count). The topological polar surface area (TPSA) is 72.4 Å². The minimum atomic E-state index is -0.356. The van der Waals surface area contributed by atoms with Crippen molar-refractivity contribution in [3.05, 3.63) is 33.9 Å². The van der Waals surface area contributed by atoms with Crippen LogP contribution >= 0.6 is 0 Å². The lowest BCUT2D eigenvalue weighted by atomic mass is 10.1. The molecule has 0 aromatic heterocycles. The van der Waals surface area contributed by atoms with Crippen LogP contribution in [0.4, 0.5) is 11.4 Å². The molecule has 1 fully saturated rings. The van der Waals surface area contributed by atoms with Gasteiger partial charge in [0.25, 0.3) is 5.69 Å². The molecule has 0 spiro atoms. The average molecular weight is 249 g/mol. The zero-order valence-electron chi connectivity index (χ0n) is 10.8. The fourth-order valence-corrected chi connectivity index (χ4v) is 2.42. The second-order valence-electron chi connectivity index (χ2n) is 4.98. The summed E-state index contributed by atoms with van der Waals surface area (Å²) in [4.78, 5) is 12.6. The van der Waals surface area contributed by atoms with Crippen molar-refractivity contribution in [2.75, 3.05) is 18.5 Å². The van der Waals surface area contributed by atoms with Crippen LogP contribution in [0.25, 0.3) is 0 Å². The second kappa shape index (κ2) is 4.94. The van der Waals surface area contributed by atoms with Crippen LogP contribution in [-0.4, -0.2) is 24.6 Å². The fourth-order valence-electron chi connectivity index (χ4n) is 2.42. The maximum atomic E-state index is 10.8. The van der Waals surface area contributed by atoms with Crippen LogP contribution in [0.1, 0.15) is 18.4 Å². The van der Waals surface area contributed by atoms with Gasteiger partial charge in [0.05, 0.1) is 4.92 Å². The van der Waals surface area contributed by atoms with E-state index >= 15 is 0 Å². The molecule has 5 nitrogen and oxygen atoms in total. The van der Waals surface area contributed by atoms with Gasteiger partial charge >= 0.3 is 0 Å². The Hall–Kier alpha value is -1.62. The van der Waals surface area contributed by atoms with Gasteiger partial charge in [0, 0.05) is 37.5 Å². The highest BCUT2D eigenvalue weighted by Crippen LogP contribution is 2.37. The molecule has 0 bridgehead atoms. The first-order chi connectivity index (χ1) is 8.54. The number of likely N-dealkylation sites (N-methyl/N-ethyl adjacent to an activating group) is 1. The highest BCUT2D eigenvalue weighted by molar-refractivity contribution is 5.59. The molecule has 1 aliphatic rings. The van der Waals surface area contributed by atoms with E-state index in [4.69, 9.17) is 5.73 Å². The van der Waals surface area contributed by atoms with Crippen molar-refractivity contribution in [1.82, 2.24) is 0 Å². The largest absolute Gasteiger partial charge is 0.370 e. The Morgan fingerprint density at radius 2 is 2.22 bits per heavy atom. The Balaban J connectivity index is 2.30. The van der Waals surface area contributed by atoms with Crippen LogP contribution in [0.5, 0.6) is 0 Å². The van der Waals surface area contributed by atoms with Crippen molar-refractivity contribution in [3.8, 4) is 0 Å². The van der Waals surface area contributed by atoms with E-state index in [1.807, 2.05) is 14.0 Å². The van der Waals surface area contributed by atoms with Gasteiger partial charge in [0.15, 0.2) is 0 Å². The molecule has 0 radical (unpaired) electrons. The summed E-state index contributed by atoms with van der Waals surface area (Å²) in [6, 6.07) is 5.26. The lowest BCUT2D eigenvalue weighted by molar-refractivity contribution is -0.384. The van der Waals surface area contributed by atoms with E-state index in [-0.39, 0.29) is 16.7 Å². The first-order valence-corrected chi connectivity index (χ1v) is 6.22. The van der Waals surface area contributed by atoms with Crippen LogP contribution < -0.4 is 10.6 Å². The standard InChI is InChI=1S/C13H19N3O2/c1-9-3-6-11(16(17)18)7-12(9)15(2)13(8-14)10-4-5-10/h3,6-7,10,13H,4-5,8,14H2,1-2H3. The molecule has 1 saturated carbocycles. The highest BCUT2D eigenvalue weighted by atomic mass is 16.6. The minimum Gasteiger partial charge on any atom is -0.370 e. The molecule has 0 heterocycles. The fraction of sp³-hybridized carbons (Fsp3) is 0.538. The van der Waals surface area contributed by atoms with E-state index in [2.05, 4.69) is 4.90 Å². The molecular formula is C13H19N3O2. The van der Waals surface area contributed by atoms with E-state index in [0.29, 0.717) is 12.5 Å². The van der Waals surface area contributed by atoms with Gasteiger partial charge in [-0.2, -0.15) is 0 Å². The molecule has 0 amide bonds. The van der Waals surface area contributed by atoms with Crippen LogP contribution in [0, 0.1) is 23.0 Å². The number of hydrogen-bond acceptors (Lipinski definition) is 4. The number of nitro benzene ring substituents is 1. The third kappa shape index (κ3) is 2.46. The second-order valence-corrected chi connectivity index (χ2v) is 4.98. The summed E-state index contributed by atoms with van der Waals surface area (Å²) in [6.07, 6.45) is 2.42. The summed E-state index contributed by atoms with van der Waals surface area (Å²) in [5, 5.41) is 10.8. The smallest absolute Gasteiger partial charge is 0.271 e. The van der Waals surface area contributed by atoms with Crippen molar-refractivity contribution in [2.24, 2.45) is 11.7 Å². The summed E-state index contributed by atoms with van der Waals surface area (Å²) in [5.74, 6) is 0.638. The van der Waals surface area contributed by atoms with Crippen LogP contribution in [-0.2, 0) is 0 Å². The average Bonchev–Trinajstić information content (AvgIpc) is 3.14. The number of nitro groups is 1. The maximum absolute atomic E-state index is 10.8. The molecule has 18 heavy (non-hydrogen) atoms. The van der Waals surface area contributed by atoms with Gasteiger partial charge in [-0.1, -0.05) is 6.07 Å². The highest BCUT2D eigenvalue weighted by Gasteiger charge is 2.33. The van der Waals surface area contributed by atoms with Gasteiger partial charge in [-0.05, 0) is 31.2 Å². The lowest BCUT2D eigenvalue weighted by Gasteiger charge is -2.30. The van der Waals surface area contributed by atoms with E-state index in [1.54, 1.807) is 18.2 Å². The third-order valence-corrected chi connectivity index (χ3v) is 3.69. The Morgan fingerprint density at radius 1 is 1.56 bits per heavy atom. The number of rotatable bonds is 5. The summed E-state index contributed by atoms with van der Waals surface area (Å²) < 4.78 is 0. The van der Waals surface area contributed by atoms with Crippen molar-refractivity contribution in [3.63, 3.8) is 0 Å². The predicted molar refractivity (Wildman–Crippen MR) is 71.8 cm³/mol. The van der Waals surface area contributed by atoms with Gasteiger partial charge in [0.2, 0.25) is 0 Å². The van der Waals surface area contributed by atoms with Gasteiger partial charge in [-0.15, -0.1) is 0 Å². The van der Waals surface area contributed by atoms with Gasteiger partial charge < -0.3 is 10.6 Å². The summed E-state index contributed by atoms with van der Waals surface area (Å²) in [6.45, 7) is 2.55. The molecule has 1 aliphatic carbocycles. The number of anilines is 1. The molecule has 98 valence electrons. The molecule has 1 aromatic carbocycles. The van der Waals surface area contributed by atoms with Crippen molar-refractivity contribution < 1.29 is 4.92 Å². The van der Waals surface area contributed by atoms with Crippen molar-refractivity contribution in [1.29, 1.82) is 0 Å². The molecule has 1 aromatic rings. The minimum absolute atomic E-state index is 0.133. The number of non-ortho nitro benzene ring substituents is 1. The predicted octanol–water partition coefficient (Wildman–Crippen LogP) is 2.08. The maximum Gasteiger partial charge on any atom is 0.271 e. The number of benzene rings is 1. The van der Waals surface area contributed by atoms with Gasteiger partial charge in [-0.25, -0.2) is 0 Å². The third-order valence-electron chi connectivity index (χ3n) is 3.69. The normalized spacial score (nSPS) is 16.4. The SMILES string of the molecule is Cc1ccc([N+](=O)[O-])cc1N(C)C(CN)C1CC1. The summed E-state index contributed by atoms with van der Waals surface area (Å²) >= 11 is 0. The molecular weight excluding hydrogens is 230 g/mol. The summed E-state index contributed by atoms with van der Waals surface area (Å²) in [5.41, 5.74) is 7.91. The molecule has 5 heteroatoms. The Bertz CT molecular complexity index is 458. The first kappa shape index (κ1) is 12.8. The van der Waals surface area contributed by atoms with E-state index < -0.39 is 0 Å². The summed E-state index contributed by atoms with van der Waals surface area (Å²) in [7, 11) is 1.97. The van der Waals surface area contributed by atoms with Crippen molar-refractivity contribution in [2.45, 2.75) is 25.8 Å². The molecule has 1 atom stereocenters. The van der Waals surface area contributed by atoms with Crippen molar-refractivity contribution >= 4 is 11.4 Å². The number of aryl methyl sites for hydroxylation is 1.